The Morgan fingerprint density at radius 3 is 2.32 bits per heavy atom. The van der Waals surface area contributed by atoms with Crippen molar-refractivity contribution in [1.82, 2.24) is 15.2 Å². The second kappa shape index (κ2) is 12.6. The van der Waals surface area contributed by atoms with Gasteiger partial charge < -0.3 is 15.0 Å². The van der Waals surface area contributed by atoms with Gasteiger partial charge in [-0.05, 0) is 47.5 Å². The number of benzene rings is 3. The van der Waals surface area contributed by atoms with Crippen molar-refractivity contribution in [3.63, 3.8) is 0 Å². The highest BCUT2D eigenvalue weighted by Gasteiger charge is 2.32. The standard InChI is InChI=1S/C29H25ClFN3O3/c30-25-11-4-5-12-26(25)37-20-27(35)34(19-21-13-15-23(31)16-14-21)28(22-8-2-1-3-9-22)29(36)33-18-24-10-6-7-17-32-24/h1-17,28H,18-20H2,(H,33,36)/t28-/m0/s1. The summed E-state index contributed by atoms with van der Waals surface area (Å²) in [6.45, 7) is -0.0962. The van der Waals surface area contributed by atoms with E-state index in [0.717, 1.165) is 0 Å². The molecule has 0 aliphatic heterocycles. The largest absolute Gasteiger partial charge is 0.482 e. The molecule has 0 unspecified atom stereocenters. The molecule has 2 amide bonds. The number of nitrogens with one attached hydrogen (secondary N) is 1. The molecule has 3 aromatic carbocycles. The summed E-state index contributed by atoms with van der Waals surface area (Å²) in [6.07, 6.45) is 1.65. The number of carbonyl (C=O) groups excluding carboxylic acids is 2. The van der Waals surface area contributed by atoms with Gasteiger partial charge in [0.2, 0.25) is 5.91 Å². The molecular weight excluding hydrogens is 493 g/mol. The average Bonchev–Trinajstić information content (AvgIpc) is 2.93. The van der Waals surface area contributed by atoms with Crippen LogP contribution in [-0.2, 0) is 22.7 Å². The van der Waals surface area contributed by atoms with E-state index in [0.29, 0.717) is 27.6 Å². The fourth-order valence-electron chi connectivity index (χ4n) is 3.78. The molecule has 188 valence electrons. The number of aromatic nitrogens is 1. The Morgan fingerprint density at radius 2 is 1.62 bits per heavy atom. The molecule has 0 fully saturated rings. The highest BCUT2D eigenvalue weighted by molar-refractivity contribution is 6.32. The zero-order valence-electron chi connectivity index (χ0n) is 19.9. The van der Waals surface area contributed by atoms with Gasteiger partial charge in [0, 0.05) is 12.7 Å². The number of pyridine rings is 1. The van der Waals surface area contributed by atoms with E-state index in [1.807, 2.05) is 12.1 Å². The monoisotopic (exact) mass is 517 g/mol. The molecule has 1 heterocycles. The second-order valence-corrected chi connectivity index (χ2v) is 8.63. The third-order valence-electron chi connectivity index (χ3n) is 5.62. The maximum atomic E-state index is 13.6. The topological polar surface area (TPSA) is 71.5 Å². The number of ether oxygens (including phenoxy) is 1. The van der Waals surface area contributed by atoms with Crippen molar-refractivity contribution < 1.29 is 18.7 Å². The van der Waals surface area contributed by atoms with Crippen LogP contribution in [0.4, 0.5) is 4.39 Å². The van der Waals surface area contributed by atoms with Crippen LogP contribution < -0.4 is 10.1 Å². The minimum absolute atomic E-state index is 0.0571. The summed E-state index contributed by atoms with van der Waals surface area (Å²) in [4.78, 5) is 32.8. The first-order chi connectivity index (χ1) is 18.0. The molecule has 4 rings (SSSR count). The number of amides is 2. The van der Waals surface area contributed by atoms with Crippen LogP contribution in [0.1, 0.15) is 22.9 Å². The van der Waals surface area contributed by atoms with Crippen LogP contribution in [0.2, 0.25) is 5.02 Å². The third kappa shape index (κ3) is 7.15. The predicted molar refractivity (Wildman–Crippen MR) is 139 cm³/mol. The molecule has 0 saturated carbocycles. The van der Waals surface area contributed by atoms with Crippen molar-refractivity contribution >= 4 is 23.4 Å². The Kier molecular flexibility index (Phi) is 8.84. The lowest BCUT2D eigenvalue weighted by molar-refractivity contribution is -0.143. The lowest BCUT2D eigenvalue weighted by Gasteiger charge is -2.31. The number of para-hydroxylation sites is 1. The Balaban J connectivity index is 1.63. The van der Waals surface area contributed by atoms with Crippen LogP contribution in [0.25, 0.3) is 0 Å². The molecule has 1 atom stereocenters. The molecule has 0 aliphatic carbocycles. The quantitative estimate of drug-likeness (QED) is 0.308. The van der Waals surface area contributed by atoms with Crippen molar-refractivity contribution in [2.45, 2.75) is 19.1 Å². The van der Waals surface area contributed by atoms with Gasteiger partial charge in [-0.25, -0.2) is 4.39 Å². The van der Waals surface area contributed by atoms with Crippen molar-refractivity contribution in [1.29, 1.82) is 0 Å². The number of halogens is 2. The summed E-state index contributed by atoms with van der Waals surface area (Å²) in [5.74, 6) is -0.859. The van der Waals surface area contributed by atoms with E-state index in [2.05, 4.69) is 10.3 Å². The molecule has 0 aliphatic rings. The molecule has 8 heteroatoms. The summed E-state index contributed by atoms with van der Waals surface area (Å²) in [6, 6.07) is 26.1. The maximum absolute atomic E-state index is 13.6. The summed E-state index contributed by atoms with van der Waals surface area (Å²) in [7, 11) is 0. The number of hydrogen-bond donors (Lipinski definition) is 1. The zero-order valence-corrected chi connectivity index (χ0v) is 20.6. The van der Waals surface area contributed by atoms with E-state index in [-0.39, 0.29) is 25.6 Å². The second-order valence-electron chi connectivity index (χ2n) is 8.22. The molecule has 6 nitrogen and oxygen atoms in total. The first-order valence-electron chi connectivity index (χ1n) is 11.6. The highest BCUT2D eigenvalue weighted by Crippen LogP contribution is 2.26. The van der Waals surface area contributed by atoms with E-state index in [1.54, 1.807) is 79.0 Å². The van der Waals surface area contributed by atoms with Gasteiger partial charge in [-0.1, -0.05) is 72.3 Å². The Morgan fingerprint density at radius 1 is 0.919 bits per heavy atom. The highest BCUT2D eigenvalue weighted by atomic mass is 35.5. The predicted octanol–water partition coefficient (Wildman–Crippen LogP) is 5.34. The summed E-state index contributed by atoms with van der Waals surface area (Å²) < 4.78 is 19.3. The van der Waals surface area contributed by atoms with Crippen LogP contribution in [0, 0.1) is 5.82 Å². The Labute approximate surface area is 219 Å². The molecule has 1 aromatic heterocycles. The number of nitrogens with zero attached hydrogens (tertiary/aromatic N) is 2. The van der Waals surface area contributed by atoms with Gasteiger partial charge in [-0.15, -0.1) is 0 Å². The van der Waals surface area contributed by atoms with Crippen LogP contribution in [0.5, 0.6) is 5.75 Å². The molecular formula is C29H25ClFN3O3. The van der Waals surface area contributed by atoms with Gasteiger partial charge in [0.1, 0.15) is 17.6 Å². The van der Waals surface area contributed by atoms with Crippen molar-refractivity contribution in [2.75, 3.05) is 6.61 Å². The number of hydrogen-bond acceptors (Lipinski definition) is 4. The molecule has 1 N–H and O–H groups in total. The first-order valence-corrected chi connectivity index (χ1v) is 12.0. The summed E-state index contributed by atoms with van der Waals surface area (Å²) in [5.41, 5.74) is 1.96. The molecule has 4 aromatic rings. The van der Waals surface area contributed by atoms with Gasteiger partial charge in [-0.3, -0.25) is 14.6 Å². The summed E-state index contributed by atoms with van der Waals surface area (Å²) in [5, 5.41) is 3.26. The maximum Gasteiger partial charge on any atom is 0.261 e. The van der Waals surface area contributed by atoms with Crippen molar-refractivity contribution in [3.05, 3.63) is 131 Å². The van der Waals surface area contributed by atoms with Gasteiger partial charge >= 0.3 is 0 Å². The van der Waals surface area contributed by atoms with E-state index in [9.17, 15) is 14.0 Å². The SMILES string of the molecule is O=C(NCc1ccccn1)[C@H](c1ccccc1)N(Cc1ccc(F)cc1)C(=O)COc1ccccc1Cl. The van der Waals surface area contributed by atoms with Gasteiger partial charge in [0.25, 0.3) is 5.91 Å². The van der Waals surface area contributed by atoms with E-state index >= 15 is 0 Å². The molecule has 0 bridgehead atoms. The third-order valence-corrected chi connectivity index (χ3v) is 5.93. The van der Waals surface area contributed by atoms with E-state index < -0.39 is 17.8 Å². The van der Waals surface area contributed by atoms with Crippen LogP contribution in [0.3, 0.4) is 0 Å². The van der Waals surface area contributed by atoms with E-state index in [1.165, 1.54) is 17.0 Å². The minimum atomic E-state index is -0.975. The Bertz CT molecular complexity index is 1320. The fraction of sp³-hybridized carbons (Fsp3) is 0.138. The van der Waals surface area contributed by atoms with Gasteiger partial charge in [0.15, 0.2) is 6.61 Å². The smallest absolute Gasteiger partial charge is 0.261 e. The van der Waals surface area contributed by atoms with Gasteiger partial charge in [0.05, 0.1) is 17.3 Å². The lowest BCUT2D eigenvalue weighted by atomic mass is 10.0. The molecule has 0 spiro atoms. The number of rotatable bonds is 10. The zero-order chi connectivity index (χ0) is 26.0. The fourth-order valence-corrected chi connectivity index (χ4v) is 3.97. The van der Waals surface area contributed by atoms with Gasteiger partial charge in [-0.2, -0.15) is 0 Å². The Hall–Kier alpha value is -4.23. The van der Waals surface area contributed by atoms with E-state index in [4.69, 9.17) is 16.3 Å². The van der Waals surface area contributed by atoms with Crippen molar-refractivity contribution in [3.8, 4) is 5.75 Å². The minimum Gasteiger partial charge on any atom is -0.482 e. The normalized spacial score (nSPS) is 11.4. The van der Waals surface area contributed by atoms with Crippen LogP contribution in [0.15, 0.2) is 103 Å². The average molecular weight is 518 g/mol. The van der Waals surface area contributed by atoms with Crippen molar-refractivity contribution in [2.24, 2.45) is 0 Å². The summed E-state index contributed by atoms with van der Waals surface area (Å²) >= 11 is 6.18. The molecule has 37 heavy (non-hydrogen) atoms. The van der Waals surface area contributed by atoms with Crippen LogP contribution in [-0.4, -0.2) is 28.3 Å². The first kappa shape index (κ1) is 25.9. The van der Waals surface area contributed by atoms with Crippen LogP contribution >= 0.6 is 11.6 Å². The number of carbonyl (C=O) groups is 2. The molecule has 0 saturated heterocycles. The lowest BCUT2D eigenvalue weighted by Crippen LogP contribution is -2.45. The molecule has 0 radical (unpaired) electrons.